The van der Waals surface area contributed by atoms with Gasteiger partial charge in [0.05, 0.1) is 11.5 Å². The van der Waals surface area contributed by atoms with Gasteiger partial charge in [0.25, 0.3) is 0 Å². The van der Waals surface area contributed by atoms with Gasteiger partial charge in [-0.15, -0.1) is 0 Å². The molecular formula is C28H42O6. The minimum atomic E-state index is -1.32. The number of carbonyl (C=O) groups excluding carboxylic acids is 2. The first-order valence-corrected chi connectivity index (χ1v) is 13.4. The van der Waals surface area contributed by atoms with E-state index in [2.05, 4.69) is 6.92 Å². The molecule has 0 aromatic rings. The fraction of sp³-hybridized carbons (Fsp3) is 0.857. The summed E-state index contributed by atoms with van der Waals surface area (Å²) >= 11 is 0. The molecular weight excluding hydrogens is 432 g/mol. The molecule has 0 spiro atoms. The number of Topliss-reactive ketones (excluding diaryl/α,β-unsaturated/α-hetero) is 1. The van der Waals surface area contributed by atoms with E-state index in [9.17, 15) is 24.9 Å². The van der Waals surface area contributed by atoms with Crippen molar-refractivity contribution in [3.8, 4) is 0 Å². The minimum Gasteiger partial charge on any atom is -0.458 e. The van der Waals surface area contributed by atoms with Gasteiger partial charge in [-0.25, -0.2) is 4.79 Å². The first-order valence-electron chi connectivity index (χ1n) is 13.4. The molecule has 10 atom stereocenters. The molecule has 0 bridgehead atoms. The molecule has 5 rings (SSSR count). The van der Waals surface area contributed by atoms with Crippen molar-refractivity contribution in [2.45, 2.75) is 103 Å². The van der Waals surface area contributed by atoms with E-state index in [1.807, 2.05) is 13.8 Å². The van der Waals surface area contributed by atoms with Crippen molar-refractivity contribution < 1.29 is 29.6 Å². The van der Waals surface area contributed by atoms with Gasteiger partial charge >= 0.3 is 5.97 Å². The van der Waals surface area contributed by atoms with Crippen LogP contribution in [0.5, 0.6) is 0 Å². The van der Waals surface area contributed by atoms with Gasteiger partial charge in [0.15, 0.2) is 0 Å². The molecule has 6 nitrogen and oxygen atoms in total. The second kappa shape index (κ2) is 8.14. The van der Waals surface area contributed by atoms with Crippen LogP contribution in [0.3, 0.4) is 0 Å². The predicted octanol–water partition coefficient (Wildman–Crippen LogP) is 3.56. The van der Waals surface area contributed by atoms with Gasteiger partial charge in [-0.2, -0.15) is 0 Å². The molecule has 1 aliphatic heterocycles. The van der Waals surface area contributed by atoms with Crippen molar-refractivity contribution in [3.63, 3.8) is 0 Å². The van der Waals surface area contributed by atoms with Crippen LogP contribution in [-0.4, -0.2) is 51.5 Å². The normalized spacial score (nSPS) is 49.7. The zero-order chi connectivity index (χ0) is 24.6. The highest BCUT2D eigenvalue weighted by molar-refractivity contribution is 5.89. The first-order chi connectivity index (χ1) is 16.0. The van der Waals surface area contributed by atoms with Crippen molar-refractivity contribution in [1.82, 2.24) is 0 Å². The van der Waals surface area contributed by atoms with Crippen molar-refractivity contribution in [2.75, 3.05) is 6.61 Å². The molecule has 0 amide bonds. The Morgan fingerprint density at radius 1 is 1.09 bits per heavy atom. The van der Waals surface area contributed by atoms with Crippen LogP contribution in [0, 0.1) is 40.4 Å². The van der Waals surface area contributed by atoms with E-state index in [4.69, 9.17) is 4.74 Å². The average molecular weight is 475 g/mol. The zero-order valence-corrected chi connectivity index (χ0v) is 21.2. The van der Waals surface area contributed by atoms with Crippen LogP contribution in [0.15, 0.2) is 11.1 Å². The maximum Gasteiger partial charge on any atom is 0.333 e. The van der Waals surface area contributed by atoms with Crippen LogP contribution in [0.4, 0.5) is 0 Å². The third-order valence-electron chi connectivity index (χ3n) is 11.7. The number of hydrogen-bond donors (Lipinski definition) is 3. The van der Waals surface area contributed by atoms with E-state index in [-0.39, 0.29) is 53.6 Å². The Hall–Kier alpha value is -1.24. The van der Waals surface area contributed by atoms with Gasteiger partial charge in [-0.3, -0.25) is 4.79 Å². The Kier molecular flexibility index (Phi) is 5.85. The summed E-state index contributed by atoms with van der Waals surface area (Å²) < 4.78 is 5.82. The number of rotatable bonds is 3. The quantitative estimate of drug-likeness (QED) is 0.541. The lowest BCUT2D eigenvalue weighted by molar-refractivity contribution is -0.242. The van der Waals surface area contributed by atoms with Crippen LogP contribution in [0.25, 0.3) is 0 Å². The summed E-state index contributed by atoms with van der Waals surface area (Å²) in [5, 5.41) is 33.3. The van der Waals surface area contributed by atoms with Crippen LogP contribution < -0.4 is 0 Å². The Balaban J connectivity index is 1.44. The number of hydrogen-bond acceptors (Lipinski definition) is 6. The third kappa shape index (κ3) is 3.10. The maximum atomic E-state index is 13.3. The number of aliphatic hydroxyl groups is 3. The number of esters is 1. The van der Waals surface area contributed by atoms with Gasteiger partial charge < -0.3 is 20.1 Å². The Morgan fingerprint density at radius 3 is 2.50 bits per heavy atom. The average Bonchev–Trinajstić information content (AvgIpc) is 3.13. The molecule has 0 saturated heterocycles. The molecule has 0 unspecified atom stereocenters. The van der Waals surface area contributed by atoms with E-state index < -0.39 is 17.1 Å². The van der Waals surface area contributed by atoms with Crippen molar-refractivity contribution in [2.24, 2.45) is 40.4 Å². The molecule has 0 aromatic carbocycles. The molecule has 0 aromatic heterocycles. The monoisotopic (exact) mass is 474 g/mol. The van der Waals surface area contributed by atoms with E-state index in [0.29, 0.717) is 43.6 Å². The standard InChI is InChI=1S/C28H42O6/c1-15-12-22(34-25(32)16(15)2)18(14-29)20-8-7-19-17-13-24(31)28(33)10-5-6-23(30)27(28,4)21(17)9-11-26(19,20)3/h17-22,24,29,31,33H,5-14H2,1-4H3/t17-,18-,19-,20+,21-,22+,24+,26-,27-,28-/m0/s1. The Morgan fingerprint density at radius 2 is 1.82 bits per heavy atom. The van der Waals surface area contributed by atoms with E-state index in [1.54, 1.807) is 6.92 Å². The molecule has 34 heavy (non-hydrogen) atoms. The first kappa shape index (κ1) is 24.5. The van der Waals surface area contributed by atoms with Crippen LogP contribution >= 0.6 is 0 Å². The highest BCUT2D eigenvalue weighted by atomic mass is 16.5. The summed E-state index contributed by atoms with van der Waals surface area (Å²) in [6, 6.07) is 0. The molecule has 0 radical (unpaired) electrons. The summed E-state index contributed by atoms with van der Waals surface area (Å²) in [6.45, 7) is 8.03. The summed E-state index contributed by atoms with van der Waals surface area (Å²) in [7, 11) is 0. The van der Waals surface area contributed by atoms with Crippen molar-refractivity contribution in [3.05, 3.63) is 11.1 Å². The summed E-state index contributed by atoms with van der Waals surface area (Å²) in [5.74, 6) is 0.550. The smallest absolute Gasteiger partial charge is 0.333 e. The Bertz CT molecular complexity index is 911. The highest BCUT2D eigenvalue weighted by Gasteiger charge is 2.69. The number of ketones is 1. The molecule has 4 saturated carbocycles. The van der Waals surface area contributed by atoms with Gasteiger partial charge in [0, 0.05) is 30.9 Å². The van der Waals surface area contributed by atoms with E-state index in [1.165, 1.54) is 0 Å². The molecule has 4 fully saturated rings. The van der Waals surface area contributed by atoms with Gasteiger partial charge in [-0.1, -0.05) is 12.5 Å². The maximum absolute atomic E-state index is 13.3. The fourth-order valence-corrected chi connectivity index (χ4v) is 9.49. The SMILES string of the molecule is CC1=C(C)C(=O)O[C@@H]([C@@H](CO)[C@H]2CC[C@H]3[C@@H]4C[C@@H](O)[C@@]5(O)CCCC(=O)[C@]5(C)[C@H]4CC[C@]23C)C1. The highest BCUT2D eigenvalue weighted by Crippen LogP contribution is 2.68. The van der Waals surface area contributed by atoms with Gasteiger partial charge in [-0.05, 0) is 94.8 Å². The van der Waals surface area contributed by atoms with Crippen LogP contribution in [-0.2, 0) is 14.3 Å². The Labute approximate surface area is 203 Å². The number of cyclic esters (lactones) is 1. The zero-order valence-electron chi connectivity index (χ0n) is 21.2. The molecule has 3 N–H and O–H groups in total. The molecule has 5 aliphatic rings. The third-order valence-corrected chi connectivity index (χ3v) is 11.7. The predicted molar refractivity (Wildman–Crippen MR) is 127 cm³/mol. The van der Waals surface area contributed by atoms with Crippen molar-refractivity contribution in [1.29, 1.82) is 0 Å². The molecule has 6 heteroatoms. The van der Waals surface area contributed by atoms with Crippen molar-refractivity contribution >= 4 is 11.8 Å². The summed E-state index contributed by atoms with van der Waals surface area (Å²) in [6.07, 6.45) is 5.39. The number of ether oxygens (including phenoxy) is 1. The number of aliphatic hydroxyl groups excluding tert-OH is 2. The summed E-state index contributed by atoms with van der Waals surface area (Å²) in [5.41, 5.74) is -0.531. The molecule has 1 heterocycles. The van der Waals surface area contributed by atoms with Gasteiger partial charge in [0.2, 0.25) is 0 Å². The van der Waals surface area contributed by atoms with E-state index >= 15 is 0 Å². The molecule has 190 valence electrons. The molecule has 4 aliphatic carbocycles. The van der Waals surface area contributed by atoms with E-state index in [0.717, 1.165) is 31.3 Å². The summed E-state index contributed by atoms with van der Waals surface area (Å²) in [4.78, 5) is 25.7. The number of carbonyl (C=O) groups is 2. The second-order valence-corrected chi connectivity index (χ2v) is 12.7. The topological polar surface area (TPSA) is 104 Å². The van der Waals surface area contributed by atoms with Gasteiger partial charge in [0.1, 0.15) is 17.5 Å². The van der Waals surface area contributed by atoms with Crippen LogP contribution in [0.2, 0.25) is 0 Å². The number of fused-ring (bicyclic) bond motifs is 5. The second-order valence-electron chi connectivity index (χ2n) is 12.7. The lowest BCUT2D eigenvalue weighted by Gasteiger charge is -2.64. The van der Waals surface area contributed by atoms with Crippen LogP contribution in [0.1, 0.15) is 85.5 Å². The lowest BCUT2D eigenvalue weighted by atomic mass is 9.42. The largest absolute Gasteiger partial charge is 0.458 e. The lowest BCUT2D eigenvalue weighted by Crippen LogP contribution is -2.70. The fourth-order valence-electron chi connectivity index (χ4n) is 9.49. The minimum absolute atomic E-state index is 0.01000.